The highest BCUT2D eigenvalue weighted by molar-refractivity contribution is 7.80. The number of hydrogen-bond acceptors (Lipinski definition) is 4. The molecule has 2 aromatic heterocycles. The van der Waals surface area contributed by atoms with Gasteiger partial charge in [-0.2, -0.15) is 0 Å². The van der Waals surface area contributed by atoms with Gasteiger partial charge in [-0.3, -0.25) is 9.78 Å². The summed E-state index contributed by atoms with van der Waals surface area (Å²) in [4.78, 5) is 18.8. The largest absolute Gasteiger partial charge is 0.495 e. The number of pyridine rings is 1. The Morgan fingerprint density at radius 3 is 2.54 bits per heavy atom. The van der Waals surface area contributed by atoms with Crippen molar-refractivity contribution in [3.8, 4) is 11.4 Å². The van der Waals surface area contributed by atoms with Crippen molar-refractivity contribution < 1.29 is 9.53 Å². The lowest BCUT2D eigenvalue weighted by Gasteiger charge is -2.29. The molecule has 1 saturated heterocycles. The van der Waals surface area contributed by atoms with E-state index in [2.05, 4.69) is 82.5 Å². The maximum Gasteiger partial charge on any atom is 0.221 e. The van der Waals surface area contributed by atoms with Gasteiger partial charge in [0.15, 0.2) is 5.11 Å². The molecule has 1 aliphatic heterocycles. The lowest BCUT2D eigenvalue weighted by atomic mass is 9.96. The van der Waals surface area contributed by atoms with Gasteiger partial charge in [0.05, 0.1) is 36.3 Å². The number of amides is 1. The van der Waals surface area contributed by atoms with Crippen LogP contribution in [-0.2, 0) is 4.79 Å². The number of carbonyl (C=O) groups is 1. The van der Waals surface area contributed by atoms with Gasteiger partial charge in [0.25, 0.3) is 0 Å². The summed E-state index contributed by atoms with van der Waals surface area (Å²) in [6.07, 6.45) is 1.81. The number of aromatic nitrogens is 2. The van der Waals surface area contributed by atoms with Crippen LogP contribution in [0.5, 0.6) is 5.75 Å². The molecule has 41 heavy (non-hydrogen) atoms. The molecule has 0 aliphatic carbocycles. The van der Waals surface area contributed by atoms with E-state index in [-0.39, 0.29) is 18.0 Å². The maximum atomic E-state index is 12.0. The van der Waals surface area contributed by atoms with Crippen LogP contribution < -0.4 is 20.3 Å². The first-order valence-electron chi connectivity index (χ1n) is 13.5. The van der Waals surface area contributed by atoms with Crippen molar-refractivity contribution >= 4 is 45.4 Å². The molecule has 1 amide bonds. The van der Waals surface area contributed by atoms with Crippen LogP contribution in [0, 0.1) is 13.8 Å². The first-order chi connectivity index (χ1) is 19.9. The standard InChI is InChI=1S/C33H31N5O2S/c1-20-18-26(21(2)37(20)29-14-9-11-23-10-5-6-12-25(23)29)32-31(27-13-7-8-17-34-27)36-33(41)38(32)24-15-16-30(40-4)28(19-24)35-22(3)39/h5-19,31-32H,1-4H3,(H,35,39)(H,36,41). The Bertz CT molecular complexity index is 1780. The van der Waals surface area contributed by atoms with Crippen molar-refractivity contribution in [3.63, 3.8) is 0 Å². The van der Waals surface area contributed by atoms with Crippen molar-refractivity contribution in [3.05, 3.63) is 114 Å². The van der Waals surface area contributed by atoms with Crippen LogP contribution in [0.25, 0.3) is 16.5 Å². The van der Waals surface area contributed by atoms with E-state index >= 15 is 0 Å². The summed E-state index contributed by atoms with van der Waals surface area (Å²) in [6, 6.07) is 28.4. The van der Waals surface area contributed by atoms with Gasteiger partial charge in [-0.25, -0.2) is 0 Å². The first-order valence-corrected chi connectivity index (χ1v) is 13.9. The average Bonchev–Trinajstić information content (AvgIpc) is 3.47. The molecule has 0 radical (unpaired) electrons. The molecule has 0 saturated carbocycles. The topological polar surface area (TPSA) is 71.4 Å². The molecule has 5 aromatic rings. The quantitative estimate of drug-likeness (QED) is 0.223. The number of rotatable bonds is 6. The molecule has 2 N–H and O–H groups in total. The molecule has 206 valence electrons. The Kier molecular flexibility index (Phi) is 6.93. The lowest BCUT2D eigenvalue weighted by Crippen LogP contribution is -2.29. The van der Waals surface area contributed by atoms with Crippen molar-refractivity contribution in [2.45, 2.75) is 32.9 Å². The van der Waals surface area contributed by atoms with Gasteiger partial charge in [-0.05, 0) is 79.5 Å². The Morgan fingerprint density at radius 1 is 1.00 bits per heavy atom. The van der Waals surface area contributed by atoms with Crippen LogP contribution in [0.2, 0.25) is 0 Å². The molecule has 2 unspecified atom stereocenters. The number of anilines is 2. The number of methoxy groups -OCH3 is 1. The van der Waals surface area contributed by atoms with Gasteiger partial charge in [0.2, 0.25) is 5.91 Å². The third-order valence-corrected chi connectivity index (χ3v) is 7.98. The first kappa shape index (κ1) is 26.5. The summed E-state index contributed by atoms with van der Waals surface area (Å²) in [5.41, 5.74) is 6.84. The Morgan fingerprint density at radius 2 is 1.78 bits per heavy atom. The van der Waals surface area contributed by atoms with E-state index < -0.39 is 0 Å². The van der Waals surface area contributed by atoms with E-state index in [0.29, 0.717) is 16.5 Å². The summed E-state index contributed by atoms with van der Waals surface area (Å²) in [6.45, 7) is 5.79. The molecule has 3 heterocycles. The molecule has 8 heteroatoms. The summed E-state index contributed by atoms with van der Waals surface area (Å²) < 4.78 is 7.84. The third-order valence-electron chi connectivity index (χ3n) is 7.67. The van der Waals surface area contributed by atoms with Crippen LogP contribution >= 0.6 is 12.2 Å². The monoisotopic (exact) mass is 561 g/mol. The van der Waals surface area contributed by atoms with Crippen molar-refractivity contribution in [2.75, 3.05) is 17.3 Å². The molecule has 1 fully saturated rings. The van der Waals surface area contributed by atoms with Crippen LogP contribution in [0.15, 0.2) is 91.1 Å². The number of benzene rings is 3. The van der Waals surface area contributed by atoms with E-state index in [0.717, 1.165) is 34.0 Å². The summed E-state index contributed by atoms with van der Waals surface area (Å²) >= 11 is 5.97. The maximum absolute atomic E-state index is 12.0. The van der Waals surface area contributed by atoms with E-state index in [1.807, 2.05) is 36.4 Å². The second-order valence-electron chi connectivity index (χ2n) is 10.2. The number of nitrogens with zero attached hydrogens (tertiary/aromatic N) is 3. The SMILES string of the molecule is COc1ccc(N2C(=S)NC(c3ccccn3)C2c2cc(C)n(-c3cccc4ccccc34)c2C)cc1NC(C)=O. The van der Waals surface area contributed by atoms with Crippen LogP contribution in [0.4, 0.5) is 11.4 Å². The molecule has 3 aromatic carbocycles. The van der Waals surface area contributed by atoms with E-state index in [9.17, 15) is 4.79 Å². The van der Waals surface area contributed by atoms with Crippen LogP contribution in [0.3, 0.4) is 0 Å². The lowest BCUT2D eigenvalue weighted by molar-refractivity contribution is -0.114. The van der Waals surface area contributed by atoms with Crippen molar-refractivity contribution in [2.24, 2.45) is 0 Å². The second kappa shape index (κ2) is 10.7. The fourth-order valence-electron chi connectivity index (χ4n) is 5.94. The van der Waals surface area contributed by atoms with E-state index in [4.69, 9.17) is 21.9 Å². The zero-order valence-electron chi connectivity index (χ0n) is 23.4. The number of aryl methyl sites for hydroxylation is 1. The van der Waals surface area contributed by atoms with E-state index in [1.54, 1.807) is 13.3 Å². The third kappa shape index (κ3) is 4.70. The summed E-state index contributed by atoms with van der Waals surface area (Å²) in [5, 5.41) is 9.41. The molecule has 1 aliphatic rings. The molecule has 0 spiro atoms. The average molecular weight is 562 g/mol. The molecule has 2 atom stereocenters. The fourth-order valence-corrected chi connectivity index (χ4v) is 6.29. The van der Waals surface area contributed by atoms with Gasteiger partial charge in [0, 0.05) is 35.6 Å². The highest BCUT2D eigenvalue weighted by Crippen LogP contribution is 2.45. The summed E-state index contributed by atoms with van der Waals surface area (Å²) in [5.74, 6) is 0.401. The van der Waals surface area contributed by atoms with E-state index in [1.165, 1.54) is 17.7 Å². The van der Waals surface area contributed by atoms with Gasteiger partial charge >= 0.3 is 0 Å². The van der Waals surface area contributed by atoms with Gasteiger partial charge in [-0.15, -0.1) is 0 Å². The highest BCUT2D eigenvalue weighted by Gasteiger charge is 2.42. The number of ether oxygens (including phenoxy) is 1. The minimum Gasteiger partial charge on any atom is -0.495 e. The molecule has 7 nitrogen and oxygen atoms in total. The molecular formula is C33H31N5O2S. The number of carbonyl (C=O) groups excluding carboxylic acids is 1. The Labute approximate surface area is 244 Å². The zero-order chi connectivity index (χ0) is 28.7. The Hall–Kier alpha value is -4.69. The van der Waals surface area contributed by atoms with Gasteiger partial charge in [0.1, 0.15) is 5.75 Å². The minimum atomic E-state index is -0.203. The van der Waals surface area contributed by atoms with Crippen molar-refractivity contribution in [1.29, 1.82) is 0 Å². The minimum absolute atomic E-state index is 0.177. The highest BCUT2D eigenvalue weighted by atomic mass is 32.1. The zero-order valence-corrected chi connectivity index (χ0v) is 24.2. The van der Waals surface area contributed by atoms with Crippen LogP contribution in [0.1, 0.15) is 41.7 Å². The van der Waals surface area contributed by atoms with Gasteiger partial charge in [-0.1, -0.05) is 42.5 Å². The predicted molar refractivity (Wildman–Crippen MR) is 168 cm³/mol. The van der Waals surface area contributed by atoms with Crippen molar-refractivity contribution in [1.82, 2.24) is 14.9 Å². The van der Waals surface area contributed by atoms with Gasteiger partial charge < -0.3 is 24.8 Å². The van der Waals surface area contributed by atoms with Crippen LogP contribution in [-0.4, -0.2) is 27.7 Å². The molecular weight excluding hydrogens is 530 g/mol. The number of nitrogens with one attached hydrogen (secondary N) is 2. The number of fused-ring (bicyclic) bond motifs is 1. The number of thiocarbonyl (C=S) groups is 1. The smallest absolute Gasteiger partial charge is 0.221 e. The molecule has 0 bridgehead atoms. The fraction of sp³-hybridized carbons (Fsp3) is 0.182. The normalized spacial score (nSPS) is 16.6. The Balaban J connectivity index is 1.54. The predicted octanol–water partition coefficient (Wildman–Crippen LogP) is 6.79. The summed E-state index contributed by atoms with van der Waals surface area (Å²) in [7, 11) is 1.59. The molecule has 6 rings (SSSR count). The second-order valence-corrected chi connectivity index (χ2v) is 10.6. The number of hydrogen-bond donors (Lipinski definition) is 2.